The molecule has 0 spiro atoms. The number of aryl methyl sites for hydroxylation is 1. The molecule has 2 rings (SSSR count). The number of benzene rings is 1. The van der Waals surface area contributed by atoms with Gasteiger partial charge in [0.25, 0.3) is 11.8 Å². The number of rotatable bonds is 4. The molecular formula is C15H14BrN3O4S. The number of halogens is 1. The third-order valence-electron chi connectivity index (χ3n) is 2.73. The van der Waals surface area contributed by atoms with Gasteiger partial charge in [0.15, 0.2) is 22.1 Å². The highest BCUT2D eigenvalue weighted by atomic mass is 79.9. The zero-order valence-corrected chi connectivity index (χ0v) is 15.0. The lowest BCUT2D eigenvalue weighted by molar-refractivity contribution is -0.123. The van der Waals surface area contributed by atoms with Crippen molar-refractivity contribution < 1.29 is 18.7 Å². The summed E-state index contributed by atoms with van der Waals surface area (Å²) in [4.78, 5) is 23.4. The smallest absolute Gasteiger partial charge is 0.293 e. The molecule has 0 bridgehead atoms. The summed E-state index contributed by atoms with van der Waals surface area (Å²) in [5.41, 5.74) is 5.81. The summed E-state index contributed by atoms with van der Waals surface area (Å²) in [7, 11) is 0. The first-order chi connectivity index (χ1) is 11.4. The molecule has 3 N–H and O–H groups in total. The number of furan rings is 1. The molecule has 126 valence electrons. The number of ether oxygens (including phenoxy) is 1. The van der Waals surface area contributed by atoms with Crippen LogP contribution in [0, 0.1) is 6.92 Å². The van der Waals surface area contributed by atoms with E-state index in [1.807, 2.05) is 19.1 Å². The lowest BCUT2D eigenvalue weighted by atomic mass is 10.2. The highest BCUT2D eigenvalue weighted by Gasteiger charge is 2.12. The second kappa shape index (κ2) is 8.46. The molecule has 2 amide bonds. The molecular weight excluding hydrogens is 398 g/mol. The van der Waals surface area contributed by atoms with Crippen molar-refractivity contribution in [3.05, 3.63) is 52.4 Å². The fraction of sp³-hybridized carbons (Fsp3) is 0.133. The van der Waals surface area contributed by atoms with Crippen LogP contribution >= 0.6 is 28.1 Å². The summed E-state index contributed by atoms with van der Waals surface area (Å²) in [5, 5.41) is 2.28. The van der Waals surface area contributed by atoms with Crippen LogP contribution in [0.4, 0.5) is 0 Å². The molecule has 0 saturated carbocycles. The summed E-state index contributed by atoms with van der Waals surface area (Å²) in [5.74, 6) is -0.327. The van der Waals surface area contributed by atoms with E-state index in [0.717, 1.165) is 5.56 Å². The average Bonchev–Trinajstić information content (AvgIpc) is 2.99. The van der Waals surface area contributed by atoms with Crippen molar-refractivity contribution in [1.29, 1.82) is 0 Å². The quantitative estimate of drug-likeness (QED) is 0.526. The molecule has 1 aromatic heterocycles. The van der Waals surface area contributed by atoms with Gasteiger partial charge in [0.1, 0.15) is 5.75 Å². The molecule has 9 heteroatoms. The van der Waals surface area contributed by atoms with E-state index in [2.05, 4.69) is 32.1 Å². The van der Waals surface area contributed by atoms with Gasteiger partial charge in [-0.2, -0.15) is 0 Å². The van der Waals surface area contributed by atoms with Crippen LogP contribution in [0.2, 0.25) is 0 Å². The van der Waals surface area contributed by atoms with E-state index in [1.165, 1.54) is 6.07 Å². The summed E-state index contributed by atoms with van der Waals surface area (Å²) in [6.45, 7) is 1.76. The van der Waals surface area contributed by atoms with E-state index < -0.39 is 11.8 Å². The van der Waals surface area contributed by atoms with Crippen LogP contribution in [0.5, 0.6) is 5.75 Å². The minimum Gasteiger partial charge on any atom is -0.484 e. The second-order valence-corrected chi connectivity index (χ2v) is 5.85. The Morgan fingerprint density at radius 2 is 1.88 bits per heavy atom. The Bertz CT molecular complexity index is 745. The van der Waals surface area contributed by atoms with Crippen molar-refractivity contribution in [2.24, 2.45) is 0 Å². The molecule has 24 heavy (non-hydrogen) atoms. The van der Waals surface area contributed by atoms with Crippen molar-refractivity contribution in [3.8, 4) is 5.75 Å². The van der Waals surface area contributed by atoms with Crippen molar-refractivity contribution >= 4 is 45.1 Å². The highest BCUT2D eigenvalue weighted by Crippen LogP contribution is 2.13. The molecule has 1 aromatic carbocycles. The number of thiocarbonyl (C=S) groups is 1. The van der Waals surface area contributed by atoms with Crippen LogP contribution in [0.3, 0.4) is 0 Å². The van der Waals surface area contributed by atoms with Crippen LogP contribution in [-0.2, 0) is 4.79 Å². The lowest BCUT2D eigenvalue weighted by Gasteiger charge is -2.10. The Kier molecular flexibility index (Phi) is 6.33. The van der Waals surface area contributed by atoms with Crippen molar-refractivity contribution in [3.63, 3.8) is 0 Å². The highest BCUT2D eigenvalue weighted by molar-refractivity contribution is 9.10. The van der Waals surface area contributed by atoms with Gasteiger partial charge in [0.05, 0.1) is 0 Å². The van der Waals surface area contributed by atoms with E-state index in [9.17, 15) is 9.59 Å². The van der Waals surface area contributed by atoms with Gasteiger partial charge in [-0.25, -0.2) is 0 Å². The molecule has 7 nitrogen and oxygen atoms in total. The Balaban J connectivity index is 1.70. The van der Waals surface area contributed by atoms with Gasteiger partial charge in [-0.3, -0.25) is 25.8 Å². The predicted octanol–water partition coefficient (Wildman–Crippen LogP) is 2.07. The standard InChI is InChI=1S/C15H14BrN3O4S/c1-9-2-4-10(5-3-9)22-8-13(20)18-19-15(24)17-14(21)11-6-7-12(16)23-11/h2-7H,8H2,1H3,(H,18,20)(H2,17,19,21,24). The zero-order chi connectivity index (χ0) is 17.5. The van der Waals surface area contributed by atoms with Crippen LogP contribution in [0.25, 0.3) is 0 Å². The summed E-state index contributed by atoms with van der Waals surface area (Å²) in [6, 6.07) is 10.3. The van der Waals surface area contributed by atoms with Gasteiger partial charge in [-0.1, -0.05) is 17.7 Å². The average molecular weight is 412 g/mol. The Hall–Kier alpha value is -2.39. The van der Waals surface area contributed by atoms with Gasteiger partial charge in [-0.15, -0.1) is 0 Å². The SMILES string of the molecule is Cc1ccc(OCC(=O)NNC(=S)NC(=O)c2ccc(Br)o2)cc1. The Morgan fingerprint density at radius 3 is 2.50 bits per heavy atom. The fourth-order valence-corrected chi connectivity index (χ4v) is 2.03. The minimum atomic E-state index is -0.539. The summed E-state index contributed by atoms with van der Waals surface area (Å²) >= 11 is 7.99. The maximum absolute atomic E-state index is 11.8. The number of hydrogen-bond acceptors (Lipinski definition) is 5. The number of hydrazine groups is 1. The van der Waals surface area contributed by atoms with E-state index in [1.54, 1.807) is 18.2 Å². The molecule has 2 aromatic rings. The van der Waals surface area contributed by atoms with Gasteiger partial charge in [-0.05, 0) is 59.3 Å². The third-order valence-corrected chi connectivity index (χ3v) is 3.36. The van der Waals surface area contributed by atoms with E-state index >= 15 is 0 Å². The largest absolute Gasteiger partial charge is 0.484 e. The van der Waals surface area contributed by atoms with Gasteiger partial charge in [0, 0.05) is 0 Å². The minimum absolute atomic E-state index is 0.0730. The van der Waals surface area contributed by atoms with E-state index in [4.69, 9.17) is 21.4 Å². The van der Waals surface area contributed by atoms with Crippen molar-refractivity contribution in [2.45, 2.75) is 6.92 Å². The van der Waals surface area contributed by atoms with Gasteiger partial charge < -0.3 is 9.15 Å². The lowest BCUT2D eigenvalue weighted by Crippen LogP contribution is -2.49. The maximum Gasteiger partial charge on any atom is 0.293 e. The van der Waals surface area contributed by atoms with Gasteiger partial charge >= 0.3 is 0 Å². The van der Waals surface area contributed by atoms with E-state index in [-0.39, 0.29) is 17.5 Å². The van der Waals surface area contributed by atoms with Crippen LogP contribution < -0.4 is 20.9 Å². The first-order valence-electron chi connectivity index (χ1n) is 6.79. The molecule has 0 unspecified atom stereocenters. The van der Waals surface area contributed by atoms with Crippen LogP contribution in [0.1, 0.15) is 16.1 Å². The van der Waals surface area contributed by atoms with Gasteiger partial charge in [0.2, 0.25) is 0 Å². The second-order valence-electron chi connectivity index (χ2n) is 4.66. The zero-order valence-electron chi connectivity index (χ0n) is 12.6. The number of carbonyl (C=O) groups is 2. The molecule has 0 atom stereocenters. The molecule has 0 aliphatic carbocycles. The fourth-order valence-electron chi connectivity index (χ4n) is 1.58. The maximum atomic E-state index is 11.8. The first kappa shape index (κ1) is 18.0. The Labute approximate surface area is 151 Å². The molecule has 1 heterocycles. The van der Waals surface area contributed by atoms with Crippen LogP contribution in [-0.4, -0.2) is 23.5 Å². The number of amides is 2. The predicted molar refractivity (Wildman–Crippen MR) is 94.4 cm³/mol. The summed E-state index contributed by atoms with van der Waals surface area (Å²) < 4.78 is 10.8. The number of carbonyl (C=O) groups excluding carboxylic acids is 2. The summed E-state index contributed by atoms with van der Waals surface area (Å²) in [6.07, 6.45) is 0. The van der Waals surface area contributed by atoms with Crippen LogP contribution in [0.15, 0.2) is 45.5 Å². The first-order valence-corrected chi connectivity index (χ1v) is 7.99. The third kappa shape index (κ3) is 5.67. The number of hydrogen-bond donors (Lipinski definition) is 3. The normalized spacial score (nSPS) is 9.92. The topological polar surface area (TPSA) is 92.6 Å². The number of nitrogens with one attached hydrogen (secondary N) is 3. The van der Waals surface area contributed by atoms with Crippen molar-refractivity contribution in [2.75, 3.05) is 6.61 Å². The Morgan fingerprint density at radius 1 is 1.17 bits per heavy atom. The monoisotopic (exact) mass is 411 g/mol. The molecule has 0 aliphatic heterocycles. The molecule has 0 aliphatic rings. The van der Waals surface area contributed by atoms with E-state index in [0.29, 0.717) is 10.4 Å². The molecule has 0 fully saturated rings. The molecule has 0 saturated heterocycles. The van der Waals surface area contributed by atoms with Crippen molar-refractivity contribution in [1.82, 2.24) is 16.2 Å². The molecule has 0 radical (unpaired) electrons.